The van der Waals surface area contributed by atoms with Crippen LogP contribution in [0.1, 0.15) is 17.5 Å². The maximum atomic E-state index is 12.8. The quantitative estimate of drug-likeness (QED) is 0.500. The van der Waals surface area contributed by atoms with Gasteiger partial charge in [0.1, 0.15) is 4.21 Å². The van der Waals surface area contributed by atoms with Crippen molar-refractivity contribution in [3.05, 3.63) is 83.2 Å². The SMILES string of the molecule is O=S(=O)(/N=C(/c1ccccc1)N1CCCc2ccccc21)c1cccs1. The lowest BCUT2D eigenvalue weighted by Gasteiger charge is -2.32. The first kappa shape index (κ1) is 17.0. The molecule has 2 heterocycles. The van der Waals surface area contributed by atoms with Gasteiger partial charge in [0.05, 0.1) is 0 Å². The minimum atomic E-state index is -3.75. The number of nitrogens with zero attached hydrogens (tertiary/aromatic N) is 2. The predicted octanol–water partition coefficient (Wildman–Crippen LogP) is 4.34. The van der Waals surface area contributed by atoms with Crippen molar-refractivity contribution in [1.29, 1.82) is 0 Å². The van der Waals surface area contributed by atoms with Gasteiger partial charge in [0.15, 0.2) is 5.84 Å². The largest absolute Gasteiger partial charge is 0.325 e. The van der Waals surface area contributed by atoms with Crippen LogP contribution in [0, 0.1) is 0 Å². The molecule has 132 valence electrons. The van der Waals surface area contributed by atoms with Crippen molar-refractivity contribution in [2.45, 2.75) is 17.1 Å². The third kappa shape index (κ3) is 3.30. The molecule has 0 saturated heterocycles. The number of fused-ring (bicyclic) bond motifs is 1. The van der Waals surface area contributed by atoms with Gasteiger partial charge < -0.3 is 4.90 Å². The van der Waals surface area contributed by atoms with Gasteiger partial charge in [-0.2, -0.15) is 8.42 Å². The van der Waals surface area contributed by atoms with Crippen LogP contribution in [0.2, 0.25) is 0 Å². The van der Waals surface area contributed by atoms with Crippen LogP contribution in [-0.4, -0.2) is 20.8 Å². The fraction of sp³-hybridized carbons (Fsp3) is 0.150. The Kier molecular flexibility index (Phi) is 4.61. The molecule has 0 spiro atoms. The highest BCUT2D eigenvalue weighted by Gasteiger charge is 2.25. The van der Waals surface area contributed by atoms with Gasteiger partial charge in [-0.1, -0.05) is 54.6 Å². The van der Waals surface area contributed by atoms with Crippen molar-refractivity contribution >= 4 is 32.9 Å². The molecule has 3 aromatic rings. The van der Waals surface area contributed by atoms with Gasteiger partial charge in [0.2, 0.25) is 0 Å². The summed E-state index contributed by atoms with van der Waals surface area (Å²) in [5.74, 6) is 0.478. The maximum absolute atomic E-state index is 12.8. The lowest BCUT2D eigenvalue weighted by molar-refractivity contribution is 0.600. The van der Waals surface area contributed by atoms with E-state index in [9.17, 15) is 8.42 Å². The van der Waals surface area contributed by atoms with E-state index >= 15 is 0 Å². The summed E-state index contributed by atoms with van der Waals surface area (Å²) in [4.78, 5) is 2.03. The topological polar surface area (TPSA) is 49.7 Å². The van der Waals surface area contributed by atoms with E-state index in [0.29, 0.717) is 5.84 Å². The Labute approximate surface area is 157 Å². The standard InChI is InChI=1S/C20H18N2O2S2/c23-26(24,19-13-7-15-25-19)21-20(17-9-2-1-3-10-17)22-14-6-11-16-8-4-5-12-18(16)22/h1-5,7-10,12-13,15H,6,11,14H2/b21-20-. The van der Waals surface area contributed by atoms with E-state index in [1.807, 2.05) is 53.4 Å². The number of thiophene rings is 1. The summed E-state index contributed by atoms with van der Waals surface area (Å²) in [5.41, 5.74) is 3.04. The molecule has 0 N–H and O–H groups in total. The van der Waals surface area contributed by atoms with Gasteiger partial charge in [-0.25, -0.2) is 0 Å². The Balaban J connectivity index is 1.88. The summed E-state index contributed by atoms with van der Waals surface area (Å²) < 4.78 is 30.2. The number of amidine groups is 1. The predicted molar refractivity (Wildman–Crippen MR) is 107 cm³/mol. The first-order valence-corrected chi connectivity index (χ1v) is 10.8. The average molecular weight is 383 g/mol. The molecular formula is C20H18N2O2S2. The number of anilines is 1. The van der Waals surface area contributed by atoms with Crippen molar-refractivity contribution in [1.82, 2.24) is 0 Å². The number of benzene rings is 2. The lowest BCUT2D eigenvalue weighted by Crippen LogP contribution is -2.36. The van der Waals surface area contributed by atoms with Crippen LogP contribution in [0.3, 0.4) is 0 Å². The van der Waals surface area contributed by atoms with E-state index in [1.165, 1.54) is 16.9 Å². The second kappa shape index (κ2) is 7.05. The summed E-state index contributed by atoms with van der Waals surface area (Å²) in [6, 6.07) is 21.0. The lowest BCUT2D eigenvalue weighted by atomic mass is 10.0. The number of para-hydroxylation sites is 1. The molecule has 0 saturated carbocycles. The molecule has 4 nitrogen and oxygen atoms in total. The van der Waals surface area contributed by atoms with E-state index in [4.69, 9.17) is 0 Å². The minimum Gasteiger partial charge on any atom is -0.325 e. The van der Waals surface area contributed by atoms with E-state index in [0.717, 1.165) is 30.6 Å². The molecule has 4 rings (SSSR count). The summed E-state index contributed by atoms with van der Waals surface area (Å²) in [5, 5.41) is 1.75. The molecule has 0 radical (unpaired) electrons. The highest BCUT2D eigenvalue weighted by Crippen LogP contribution is 2.29. The molecule has 0 amide bonds. The van der Waals surface area contributed by atoms with Crippen LogP contribution in [0.4, 0.5) is 5.69 Å². The fourth-order valence-electron chi connectivity index (χ4n) is 3.17. The molecule has 0 unspecified atom stereocenters. The average Bonchev–Trinajstić information content (AvgIpc) is 3.22. The third-order valence-electron chi connectivity index (χ3n) is 4.35. The Morgan fingerprint density at radius 1 is 0.962 bits per heavy atom. The molecule has 0 fully saturated rings. The second-order valence-electron chi connectivity index (χ2n) is 6.07. The van der Waals surface area contributed by atoms with E-state index < -0.39 is 10.0 Å². The molecule has 6 heteroatoms. The monoisotopic (exact) mass is 382 g/mol. The van der Waals surface area contributed by atoms with Crippen LogP contribution in [0.25, 0.3) is 0 Å². The Bertz CT molecular complexity index is 1030. The zero-order valence-electron chi connectivity index (χ0n) is 14.1. The fourth-order valence-corrected chi connectivity index (χ4v) is 5.15. The first-order chi connectivity index (χ1) is 12.6. The summed E-state index contributed by atoms with van der Waals surface area (Å²) in [7, 11) is -3.75. The van der Waals surface area contributed by atoms with Crippen molar-refractivity contribution in [3.8, 4) is 0 Å². The van der Waals surface area contributed by atoms with Crippen LogP contribution >= 0.6 is 11.3 Å². The highest BCUT2D eigenvalue weighted by atomic mass is 32.2. The van der Waals surface area contributed by atoms with Crippen molar-refractivity contribution < 1.29 is 8.42 Å². The summed E-state index contributed by atoms with van der Waals surface area (Å²) >= 11 is 1.19. The second-order valence-corrected chi connectivity index (χ2v) is 8.85. The van der Waals surface area contributed by atoms with Crippen molar-refractivity contribution in [2.24, 2.45) is 4.40 Å². The number of hydrogen-bond acceptors (Lipinski definition) is 3. The molecule has 26 heavy (non-hydrogen) atoms. The Morgan fingerprint density at radius 2 is 1.73 bits per heavy atom. The van der Waals surface area contributed by atoms with Crippen LogP contribution in [0.5, 0.6) is 0 Å². The van der Waals surface area contributed by atoms with Crippen LogP contribution < -0.4 is 4.90 Å². The molecule has 0 bridgehead atoms. The summed E-state index contributed by atoms with van der Waals surface area (Å²) in [6.07, 6.45) is 1.95. The zero-order chi connectivity index (χ0) is 18.0. The molecular weight excluding hydrogens is 364 g/mol. The van der Waals surface area contributed by atoms with Gasteiger partial charge in [-0.3, -0.25) is 0 Å². The molecule has 2 aromatic carbocycles. The number of rotatable bonds is 3. The molecule has 1 aliphatic rings. The van der Waals surface area contributed by atoms with E-state index in [-0.39, 0.29) is 4.21 Å². The van der Waals surface area contributed by atoms with Crippen LogP contribution in [0.15, 0.2) is 80.7 Å². The normalized spacial score (nSPS) is 14.9. The molecule has 1 aliphatic heterocycles. The van der Waals surface area contributed by atoms with Gasteiger partial charge in [-0.15, -0.1) is 15.7 Å². The van der Waals surface area contributed by atoms with Crippen molar-refractivity contribution in [2.75, 3.05) is 11.4 Å². The van der Waals surface area contributed by atoms with Crippen molar-refractivity contribution in [3.63, 3.8) is 0 Å². The van der Waals surface area contributed by atoms with Gasteiger partial charge >= 0.3 is 0 Å². The smallest absolute Gasteiger partial charge is 0.293 e. The Hall–Kier alpha value is -2.44. The molecule has 0 aliphatic carbocycles. The van der Waals surface area contributed by atoms with Gasteiger partial charge in [-0.05, 0) is 35.9 Å². The molecule has 1 aromatic heterocycles. The molecule has 0 atom stereocenters. The summed E-state index contributed by atoms with van der Waals surface area (Å²) in [6.45, 7) is 0.741. The van der Waals surface area contributed by atoms with E-state index in [1.54, 1.807) is 17.5 Å². The zero-order valence-corrected chi connectivity index (χ0v) is 15.7. The number of sulfonamides is 1. The van der Waals surface area contributed by atoms with Crippen LogP contribution in [-0.2, 0) is 16.4 Å². The highest BCUT2D eigenvalue weighted by molar-refractivity contribution is 7.92. The minimum absolute atomic E-state index is 0.260. The van der Waals surface area contributed by atoms with E-state index in [2.05, 4.69) is 10.5 Å². The third-order valence-corrected chi connectivity index (χ3v) is 6.99. The number of aryl methyl sites for hydroxylation is 1. The van der Waals surface area contributed by atoms with Gasteiger partial charge in [0, 0.05) is 17.8 Å². The van der Waals surface area contributed by atoms with Gasteiger partial charge in [0.25, 0.3) is 10.0 Å². The first-order valence-electron chi connectivity index (χ1n) is 8.44. The Morgan fingerprint density at radius 3 is 2.50 bits per heavy atom. The number of hydrogen-bond donors (Lipinski definition) is 0. The maximum Gasteiger partial charge on any atom is 0.293 e.